The predicted octanol–water partition coefficient (Wildman–Crippen LogP) is 2.78. The van der Waals surface area contributed by atoms with E-state index >= 15 is 0 Å². The van der Waals surface area contributed by atoms with E-state index in [0.29, 0.717) is 17.6 Å². The summed E-state index contributed by atoms with van der Waals surface area (Å²) < 4.78 is 10.4. The van der Waals surface area contributed by atoms with Gasteiger partial charge in [0.05, 0.1) is 17.9 Å². The van der Waals surface area contributed by atoms with Crippen LogP contribution in [0.3, 0.4) is 0 Å². The second kappa shape index (κ2) is 5.64. The van der Waals surface area contributed by atoms with Crippen molar-refractivity contribution in [3.05, 3.63) is 48.2 Å². The molecule has 1 aliphatic carbocycles. The van der Waals surface area contributed by atoms with Gasteiger partial charge in [0.1, 0.15) is 0 Å². The minimum Gasteiger partial charge on any atom is -0.431 e. The lowest BCUT2D eigenvalue weighted by Gasteiger charge is -1.98. The Balaban J connectivity index is 1.76. The van der Waals surface area contributed by atoms with Crippen molar-refractivity contribution in [1.29, 1.82) is 0 Å². The first-order valence-corrected chi connectivity index (χ1v) is 5.85. The summed E-state index contributed by atoms with van der Waals surface area (Å²) in [6.07, 6.45) is 4.69. The number of carbonyl (C=O) groups excluding carboxylic acids is 1. The zero-order chi connectivity index (χ0) is 12.1. The van der Waals surface area contributed by atoms with E-state index in [4.69, 9.17) is 9.47 Å². The quantitative estimate of drug-likeness (QED) is 0.578. The van der Waals surface area contributed by atoms with Crippen molar-refractivity contribution in [2.75, 3.05) is 6.61 Å². The van der Waals surface area contributed by atoms with Crippen LogP contribution < -0.4 is 0 Å². The Kier molecular flexibility index (Phi) is 3.94. The van der Waals surface area contributed by atoms with Crippen LogP contribution in [0.15, 0.2) is 42.7 Å². The molecule has 17 heavy (non-hydrogen) atoms. The second-order valence-corrected chi connectivity index (χ2v) is 3.99. The average Bonchev–Trinajstić information content (AvgIpc) is 3.09. The number of benzene rings is 1. The van der Waals surface area contributed by atoms with E-state index in [9.17, 15) is 4.79 Å². The topological polar surface area (TPSA) is 35.5 Å². The highest BCUT2D eigenvalue weighted by atomic mass is 16.5. The standard InChI is InChI=1S/C14H16O3/c1-2-16-13-10-12(13)8-9-17-14(15)11-6-4-3-5-7-11/h3-9,12-13H,2,10H2,1H3/b9-8-/t12-,13-/m1/s1. The van der Waals surface area contributed by atoms with Crippen molar-refractivity contribution in [2.45, 2.75) is 19.4 Å². The molecule has 3 heteroatoms. The average molecular weight is 232 g/mol. The van der Waals surface area contributed by atoms with Gasteiger partial charge in [0, 0.05) is 12.5 Å². The summed E-state index contributed by atoms with van der Waals surface area (Å²) in [5.74, 6) is 0.0778. The molecule has 2 rings (SSSR count). The van der Waals surface area contributed by atoms with E-state index in [-0.39, 0.29) is 5.97 Å². The molecular formula is C14H16O3. The smallest absolute Gasteiger partial charge is 0.342 e. The van der Waals surface area contributed by atoms with Crippen molar-refractivity contribution >= 4 is 5.97 Å². The van der Waals surface area contributed by atoms with Crippen LogP contribution in [0.4, 0.5) is 0 Å². The van der Waals surface area contributed by atoms with E-state index in [1.54, 1.807) is 12.1 Å². The summed E-state index contributed by atoms with van der Waals surface area (Å²) in [5, 5.41) is 0. The largest absolute Gasteiger partial charge is 0.431 e. The fourth-order valence-corrected chi connectivity index (χ4v) is 1.64. The van der Waals surface area contributed by atoms with Gasteiger partial charge in [-0.15, -0.1) is 0 Å². The van der Waals surface area contributed by atoms with Gasteiger partial charge in [-0.3, -0.25) is 0 Å². The molecule has 3 nitrogen and oxygen atoms in total. The summed E-state index contributed by atoms with van der Waals surface area (Å²) in [6, 6.07) is 8.95. The molecule has 0 unspecified atom stereocenters. The summed E-state index contributed by atoms with van der Waals surface area (Å²) in [4.78, 5) is 11.5. The predicted molar refractivity (Wildman–Crippen MR) is 64.5 cm³/mol. The summed E-state index contributed by atoms with van der Waals surface area (Å²) in [5.41, 5.74) is 0.564. The molecule has 0 saturated heterocycles. The summed E-state index contributed by atoms with van der Waals surface area (Å²) in [6.45, 7) is 2.72. The SMILES string of the molecule is CCO[C@@H]1C[C@H]1/C=C\OC(=O)c1ccccc1. The van der Waals surface area contributed by atoms with Crippen molar-refractivity contribution in [1.82, 2.24) is 0 Å². The molecule has 0 N–H and O–H groups in total. The molecule has 1 aliphatic rings. The zero-order valence-electron chi connectivity index (χ0n) is 9.84. The van der Waals surface area contributed by atoms with E-state index in [2.05, 4.69) is 0 Å². The normalized spacial score (nSPS) is 22.6. The van der Waals surface area contributed by atoms with Gasteiger partial charge in [-0.05, 0) is 31.6 Å². The maximum Gasteiger partial charge on any atom is 0.342 e. The van der Waals surface area contributed by atoms with Gasteiger partial charge in [0.15, 0.2) is 0 Å². The third-order valence-corrected chi connectivity index (χ3v) is 2.67. The number of hydrogen-bond donors (Lipinski definition) is 0. The Morgan fingerprint density at radius 3 is 2.88 bits per heavy atom. The first-order valence-electron chi connectivity index (χ1n) is 5.85. The first kappa shape index (κ1) is 11.9. The van der Waals surface area contributed by atoms with Gasteiger partial charge in [-0.2, -0.15) is 0 Å². The van der Waals surface area contributed by atoms with Crippen molar-refractivity contribution in [3.8, 4) is 0 Å². The van der Waals surface area contributed by atoms with E-state index in [0.717, 1.165) is 13.0 Å². The van der Waals surface area contributed by atoms with Crippen LogP contribution in [0, 0.1) is 5.92 Å². The first-order chi connectivity index (χ1) is 8.31. The Morgan fingerprint density at radius 1 is 1.41 bits per heavy atom. The monoisotopic (exact) mass is 232 g/mol. The molecule has 2 atom stereocenters. The number of hydrogen-bond acceptors (Lipinski definition) is 3. The zero-order valence-corrected chi connectivity index (χ0v) is 9.84. The highest BCUT2D eigenvalue weighted by Crippen LogP contribution is 2.34. The molecule has 1 fully saturated rings. The lowest BCUT2D eigenvalue weighted by molar-refractivity contribution is 0.0660. The van der Waals surface area contributed by atoms with Crippen molar-refractivity contribution in [2.24, 2.45) is 5.92 Å². The van der Waals surface area contributed by atoms with Gasteiger partial charge in [0.25, 0.3) is 0 Å². The van der Waals surface area contributed by atoms with Gasteiger partial charge in [-0.25, -0.2) is 4.79 Å². The third kappa shape index (κ3) is 3.43. The Hall–Kier alpha value is -1.61. The maximum absolute atomic E-state index is 11.5. The molecule has 0 amide bonds. The van der Waals surface area contributed by atoms with Crippen LogP contribution in [0.5, 0.6) is 0 Å². The lowest BCUT2D eigenvalue weighted by atomic mass is 10.2. The second-order valence-electron chi connectivity index (χ2n) is 3.99. The molecule has 0 spiro atoms. The van der Waals surface area contributed by atoms with Gasteiger partial charge in [-0.1, -0.05) is 18.2 Å². The van der Waals surface area contributed by atoms with Crippen molar-refractivity contribution < 1.29 is 14.3 Å². The van der Waals surface area contributed by atoms with Crippen LogP contribution in [0.25, 0.3) is 0 Å². The molecule has 90 valence electrons. The lowest BCUT2D eigenvalue weighted by Crippen LogP contribution is -2.00. The molecule has 0 aromatic heterocycles. The highest BCUT2D eigenvalue weighted by Gasteiger charge is 2.35. The maximum atomic E-state index is 11.5. The summed E-state index contributed by atoms with van der Waals surface area (Å²) in [7, 11) is 0. The summed E-state index contributed by atoms with van der Waals surface area (Å²) >= 11 is 0. The van der Waals surface area contributed by atoms with E-state index < -0.39 is 0 Å². The number of carbonyl (C=O) groups is 1. The van der Waals surface area contributed by atoms with E-state index in [1.165, 1.54) is 6.26 Å². The Morgan fingerprint density at radius 2 is 2.18 bits per heavy atom. The highest BCUT2D eigenvalue weighted by molar-refractivity contribution is 5.89. The molecule has 1 saturated carbocycles. The molecule has 0 heterocycles. The molecule has 1 aromatic carbocycles. The van der Waals surface area contributed by atoms with Gasteiger partial charge in [0.2, 0.25) is 0 Å². The Bertz CT molecular complexity index is 397. The van der Waals surface area contributed by atoms with Crippen molar-refractivity contribution in [3.63, 3.8) is 0 Å². The minimum atomic E-state index is -0.324. The third-order valence-electron chi connectivity index (χ3n) is 2.67. The van der Waals surface area contributed by atoms with Gasteiger partial charge >= 0.3 is 5.97 Å². The van der Waals surface area contributed by atoms with Crippen LogP contribution in [0.1, 0.15) is 23.7 Å². The number of rotatable bonds is 5. The number of ether oxygens (including phenoxy) is 2. The van der Waals surface area contributed by atoms with Crippen LogP contribution >= 0.6 is 0 Å². The van der Waals surface area contributed by atoms with Gasteiger partial charge < -0.3 is 9.47 Å². The molecular weight excluding hydrogens is 216 g/mol. The molecule has 1 aromatic rings. The van der Waals surface area contributed by atoms with Crippen LogP contribution in [-0.2, 0) is 9.47 Å². The number of esters is 1. The fraction of sp³-hybridized carbons (Fsp3) is 0.357. The minimum absolute atomic E-state index is 0.312. The molecule has 0 radical (unpaired) electrons. The molecule has 0 aliphatic heterocycles. The Labute approximate surface area is 101 Å². The molecule has 0 bridgehead atoms. The van der Waals surface area contributed by atoms with Crippen LogP contribution in [0.2, 0.25) is 0 Å². The fourth-order valence-electron chi connectivity index (χ4n) is 1.64. The van der Waals surface area contributed by atoms with E-state index in [1.807, 2.05) is 31.2 Å². The van der Waals surface area contributed by atoms with Crippen LogP contribution in [-0.4, -0.2) is 18.7 Å².